The second kappa shape index (κ2) is 13.5. The highest BCUT2D eigenvalue weighted by Gasteiger charge is 2.70. The van der Waals surface area contributed by atoms with Crippen molar-refractivity contribution in [2.24, 2.45) is 63.1 Å². The number of carbonyl (C=O) groups excluding carboxylic acids is 1. The molecule has 288 valence electrons. The Morgan fingerprint density at radius 2 is 1.67 bits per heavy atom. The standard InChI is InChI=1S/C44H72N2O4S/c1-9-50-39(47)32-12-10-31(11-13-32)34-17-19-41(6)36(40(34,4)5)18-20-43(8)37(41)15-14-35-38-33(30(2)3)16-21-44(38,23-22-42(35,43)7)45-24-25-46-26-28-51(48,49)29-27-46/h10,17,30,32-33,35-38,45H,9,11-16,18-29H2,1-8H3/t32?,33-,35+,36-,37+,38+,41-,42+,43+,44-/m0/s1. The van der Waals surface area contributed by atoms with Crippen molar-refractivity contribution < 1.29 is 17.9 Å². The first-order valence-electron chi connectivity index (χ1n) is 21.3. The minimum atomic E-state index is -2.84. The molecular weight excluding hydrogens is 653 g/mol. The number of nitrogens with one attached hydrogen (secondary N) is 1. The average Bonchev–Trinajstić information content (AvgIpc) is 3.46. The van der Waals surface area contributed by atoms with Crippen LogP contribution < -0.4 is 5.32 Å². The molecule has 6 aliphatic carbocycles. The van der Waals surface area contributed by atoms with Gasteiger partial charge in [0.1, 0.15) is 0 Å². The lowest BCUT2D eigenvalue weighted by molar-refractivity contribution is -0.223. The summed E-state index contributed by atoms with van der Waals surface area (Å²) in [6, 6.07) is 0. The predicted octanol–water partition coefficient (Wildman–Crippen LogP) is 8.62. The molecule has 0 radical (unpaired) electrons. The monoisotopic (exact) mass is 725 g/mol. The van der Waals surface area contributed by atoms with E-state index in [-0.39, 0.29) is 22.8 Å². The van der Waals surface area contributed by atoms with E-state index in [1.54, 1.807) is 5.57 Å². The van der Waals surface area contributed by atoms with E-state index >= 15 is 0 Å². The van der Waals surface area contributed by atoms with Crippen LogP contribution in [0.3, 0.4) is 0 Å². The van der Waals surface area contributed by atoms with E-state index in [2.05, 4.69) is 70.8 Å². The van der Waals surface area contributed by atoms with Crippen LogP contribution in [0.15, 0.2) is 23.3 Å². The van der Waals surface area contributed by atoms with Gasteiger partial charge in [-0.15, -0.1) is 0 Å². The average molecular weight is 725 g/mol. The van der Waals surface area contributed by atoms with E-state index in [0.29, 0.717) is 59.3 Å². The quantitative estimate of drug-likeness (QED) is 0.253. The number of rotatable bonds is 8. The molecule has 7 heteroatoms. The Bertz CT molecular complexity index is 1500. The van der Waals surface area contributed by atoms with Crippen LogP contribution in [-0.4, -0.2) is 69.1 Å². The third-order valence-electron chi connectivity index (χ3n) is 17.6. The smallest absolute Gasteiger partial charge is 0.309 e. The SMILES string of the molecule is CCOC(=O)C1CC=C(C2=CC[C@]3(C)[C@H]4CC[C@@H]5[C@H]6[C@H](C(C)C)CC[C@]6(NCCN6CCS(=O)(=O)CC6)CC[C@@]5(C)[C@]4(C)CC[C@H]3C2(C)C)CC1. The maximum atomic E-state index is 12.5. The van der Waals surface area contributed by atoms with Crippen LogP contribution in [0, 0.1) is 63.1 Å². The van der Waals surface area contributed by atoms with Gasteiger partial charge in [0.15, 0.2) is 9.84 Å². The number of ether oxygens (including phenoxy) is 1. The molecule has 7 aliphatic rings. The van der Waals surface area contributed by atoms with Crippen molar-refractivity contribution in [3.05, 3.63) is 23.3 Å². The van der Waals surface area contributed by atoms with E-state index in [0.717, 1.165) is 56.0 Å². The number of fused-ring (bicyclic) bond motifs is 7. The number of hydrogen-bond acceptors (Lipinski definition) is 6. The Labute approximate surface area is 311 Å². The van der Waals surface area contributed by atoms with Crippen LogP contribution in [0.5, 0.6) is 0 Å². The van der Waals surface area contributed by atoms with E-state index in [9.17, 15) is 13.2 Å². The van der Waals surface area contributed by atoms with Crippen molar-refractivity contribution >= 4 is 15.8 Å². The molecule has 5 fully saturated rings. The van der Waals surface area contributed by atoms with Crippen molar-refractivity contribution in [3.63, 3.8) is 0 Å². The van der Waals surface area contributed by atoms with Crippen molar-refractivity contribution in [1.29, 1.82) is 0 Å². The molecule has 0 amide bonds. The molecule has 1 saturated heterocycles. The summed E-state index contributed by atoms with van der Waals surface area (Å²) in [4.78, 5) is 14.9. The van der Waals surface area contributed by atoms with Gasteiger partial charge < -0.3 is 15.0 Å². The molecule has 0 aromatic rings. The van der Waals surface area contributed by atoms with Crippen molar-refractivity contribution in [3.8, 4) is 0 Å². The second-order valence-electron chi connectivity index (χ2n) is 20.2. The zero-order valence-electron chi connectivity index (χ0n) is 33.6. The molecule has 1 heterocycles. The van der Waals surface area contributed by atoms with E-state index in [4.69, 9.17) is 4.74 Å². The lowest BCUT2D eigenvalue weighted by Gasteiger charge is -2.72. The number of hydrogen-bond donors (Lipinski definition) is 1. The fourth-order valence-electron chi connectivity index (χ4n) is 14.8. The van der Waals surface area contributed by atoms with E-state index < -0.39 is 9.84 Å². The number of allylic oxidation sites excluding steroid dienone is 4. The molecule has 1 unspecified atom stereocenters. The first-order valence-corrected chi connectivity index (χ1v) is 23.1. The van der Waals surface area contributed by atoms with Crippen LogP contribution >= 0.6 is 0 Å². The Morgan fingerprint density at radius 1 is 0.922 bits per heavy atom. The molecule has 0 aromatic carbocycles. The summed E-state index contributed by atoms with van der Waals surface area (Å²) >= 11 is 0. The molecule has 1 aliphatic heterocycles. The topological polar surface area (TPSA) is 75.7 Å². The predicted molar refractivity (Wildman–Crippen MR) is 208 cm³/mol. The van der Waals surface area contributed by atoms with Gasteiger partial charge in [-0.25, -0.2) is 8.42 Å². The van der Waals surface area contributed by atoms with Crippen LogP contribution in [-0.2, 0) is 19.4 Å². The highest BCUT2D eigenvalue weighted by Crippen LogP contribution is 2.76. The first kappa shape index (κ1) is 38.1. The van der Waals surface area contributed by atoms with Crippen LogP contribution in [0.1, 0.15) is 132 Å². The zero-order valence-corrected chi connectivity index (χ0v) is 34.4. The largest absolute Gasteiger partial charge is 0.466 e. The van der Waals surface area contributed by atoms with E-state index in [1.807, 2.05) is 6.92 Å². The van der Waals surface area contributed by atoms with Gasteiger partial charge in [-0.3, -0.25) is 4.79 Å². The summed E-state index contributed by atoms with van der Waals surface area (Å²) in [7, 11) is -2.84. The van der Waals surface area contributed by atoms with Gasteiger partial charge in [-0.1, -0.05) is 60.6 Å². The molecule has 6 nitrogen and oxygen atoms in total. The van der Waals surface area contributed by atoms with Gasteiger partial charge >= 0.3 is 5.97 Å². The van der Waals surface area contributed by atoms with Gasteiger partial charge in [0.05, 0.1) is 24.0 Å². The molecule has 0 spiro atoms. The molecule has 0 aromatic heterocycles. The van der Waals surface area contributed by atoms with Crippen molar-refractivity contribution in [1.82, 2.24) is 10.2 Å². The van der Waals surface area contributed by atoms with Gasteiger partial charge in [-0.2, -0.15) is 0 Å². The summed E-state index contributed by atoms with van der Waals surface area (Å²) in [5.74, 6) is 5.04. The number of sulfone groups is 1. The Hall–Kier alpha value is -1.18. The summed E-state index contributed by atoms with van der Waals surface area (Å²) in [5.41, 5.74) is 4.45. The fraction of sp³-hybridized carbons (Fsp3) is 0.886. The van der Waals surface area contributed by atoms with Gasteiger partial charge in [0, 0.05) is 31.7 Å². The lowest BCUT2D eigenvalue weighted by atomic mass is 9.32. The van der Waals surface area contributed by atoms with Gasteiger partial charge in [0.25, 0.3) is 0 Å². The molecule has 7 rings (SSSR count). The third kappa shape index (κ3) is 6.16. The molecule has 0 bridgehead atoms. The molecule has 4 saturated carbocycles. The van der Waals surface area contributed by atoms with Crippen molar-refractivity contribution in [2.45, 2.75) is 138 Å². The number of carbonyl (C=O) groups is 1. The molecule has 51 heavy (non-hydrogen) atoms. The van der Waals surface area contributed by atoms with Gasteiger partial charge in [0.2, 0.25) is 0 Å². The highest BCUT2D eigenvalue weighted by atomic mass is 32.2. The summed E-state index contributed by atoms with van der Waals surface area (Å²) < 4.78 is 29.5. The number of esters is 1. The second-order valence-corrected chi connectivity index (χ2v) is 22.5. The maximum absolute atomic E-state index is 12.5. The van der Waals surface area contributed by atoms with Crippen LogP contribution in [0.4, 0.5) is 0 Å². The van der Waals surface area contributed by atoms with Crippen molar-refractivity contribution in [2.75, 3.05) is 44.3 Å². The van der Waals surface area contributed by atoms with Crippen LogP contribution in [0.2, 0.25) is 0 Å². The minimum absolute atomic E-state index is 0.0158. The molecule has 1 N–H and O–H groups in total. The normalized spacial score (nSPS) is 44.7. The Kier molecular flexibility index (Phi) is 10.1. The summed E-state index contributed by atoms with van der Waals surface area (Å²) in [6.45, 7) is 24.0. The highest BCUT2D eigenvalue weighted by molar-refractivity contribution is 7.91. The van der Waals surface area contributed by atoms with Gasteiger partial charge in [-0.05, 0) is 152 Å². The zero-order chi connectivity index (χ0) is 36.6. The third-order valence-corrected chi connectivity index (χ3v) is 19.2. The van der Waals surface area contributed by atoms with Crippen LogP contribution in [0.25, 0.3) is 0 Å². The summed E-state index contributed by atoms with van der Waals surface area (Å²) in [5, 5.41) is 4.27. The summed E-state index contributed by atoms with van der Waals surface area (Å²) in [6.07, 6.45) is 19.7. The Morgan fingerprint density at radius 3 is 2.33 bits per heavy atom. The fourth-order valence-corrected chi connectivity index (χ4v) is 16.1. The maximum Gasteiger partial charge on any atom is 0.309 e. The minimum Gasteiger partial charge on any atom is -0.466 e. The first-order chi connectivity index (χ1) is 24.0. The van der Waals surface area contributed by atoms with E-state index in [1.165, 1.54) is 63.4 Å². The lowest BCUT2D eigenvalue weighted by Crippen LogP contribution is -2.68. The molecular formula is C44H72N2O4S. The molecule has 10 atom stereocenters. The number of nitrogens with zero attached hydrogens (tertiary/aromatic N) is 1. The Balaban J connectivity index is 1.11.